The maximum absolute atomic E-state index is 13.0. The van der Waals surface area contributed by atoms with E-state index >= 15 is 0 Å². The van der Waals surface area contributed by atoms with Crippen molar-refractivity contribution in [2.75, 3.05) is 23.9 Å². The van der Waals surface area contributed by atoms with E-state index in [9.17, 15) is 13.2 Å². The standard InChI is InChI=1S/C17H21N3O3S2/c1-4-19(12-14(2)3)16(21)13-20(17-18-10-11-24-17)25(22,23)15-8-6-5-7-9-15/h5-11H,2,4,12-13H2,1,3H3. The number of anilines is 1. The van der Waals surface area contributed by atoms with Crippen molar-refractivity contribution in [1.29, 1.82) is 0 Å². The van der Waals surface area contributed by atoms with Crippen LogP contribution in [0, 0.1) is 0 Å². The first kappa shape index (κ1) is 19.1. The Morgan fingerprint density at radius 3 is 2.44 bits per heavy atom. The van der Waals surface area contributed by atoms with Crippen LogP contribution < -0.4 is 4.31 Å². The normalized spacial score (nSPS) is 11.1. The lowest BCUT2D eigenvalue weighted by atomic mass is 10.3. The third-order valence-corrected chi connectivity index (χ3v) is 6.10. The zero-order valence-electron chi connectivity index (χ0n) is 14.3. The van der Waals surface area contributed by atoms with Crippen molar-refractivity contribution in [2.45, 2.75) is 18.7 Å². The minimum Gasteiger partial charge on any atom is -0.337 e. The van der Waals surface area contributed by atoms with Crippen LogP contribution in [0.1, 0.15) is 13.8 Å². The van der Waals surface area contributed by atoms with E-state index in [1.54, 1.807) is 28.5 Å². The van der Waals surface area contributed by atoms with E-state index in [1.807, 2.05) is 13.8 Å². The van der Waals surface area contributed by atoms with Crippen molar-refractivity contribution >= 4 is 32.4 Å². The number of amides is 1. The number of carbonyl (C=O) groups is 1. The van der Waals surface area contributed by atoms with Gasteiger partial charge in [-0.2, -0.15) is 0 Å². The summed E-state index contributed by atoms with van der Waals surface area (Å²) in [6.45, 7) is 8.06. The molecule has 0 atom stereocenters. The molecular weight excluding hydrogens is 358 g/mol. The van der Waals surface area contributed by atoms with Gasteiger partial charge in [-0.15, -0.1) is 11.3 Å². The molecule has 1 heterocycles. The van der Waals surface area contributed by atoms with E-state index < -0.39 is 10.0 Å². The molecule has 0 bridgehead atoms. The van der Waals surface area contributed by atoms with Crippen LogP contribution in [0.2, 0.25) is 0 Å². The topological polar surface area (TPSA) is 70.6 Å². The van der Waals surface area contributed by atoms with Crippen molar-refractivity contribution in [3.63, 3.8) is 0 Å². The van der Waals surface area contributed by atoms with Gasteiger partial charge in [-0.1, -0.05) is 30.4 Å². The molecule has 8 heteroatoms. The van der Waals surface area contributed by atoms with Gasteiger partial charge in [0.2, 0.25) is 5.91 Å². The van der Waals surface area contributed by atoms with Crippen LogP contribution in [-0.4, -0.2) is 43.8 Å². The van der Waals surface area contributed by atoms with Crippen molar-refractivity contribution in [3.8, 4) is 0 Å². The van der Waals surface area contributed by atoms with Gasteiger partial charge in [0.1, 0.15) is 6.54 Å². The number of sulfonamides is 1. The number of thiazole rings is 1. The monoisotopic (exact) mass is 379 g/mol. The molecule has 0 aliphatic carbocycles. The lowest BCUT2D eigenvalue weighted by molar-refractivity contribution is -0.128. The van der Waals surface area contributed by atoms with Crippen molar-refractivity contribution < 1.29 is 13.2 Å². The Kier molecular flexibility index (Phi) is 6.33. The van der Waals surface area contributed by atoms with Gasteiger partial charge < -0.3 is 4.90 Å². The molecule has 0 fully saturated rings. The van der Waals surface area contributed by atoms with Crippen molar-refractivity contribution in [1.82, 2.24) is 9.88 Å². The minimum absolute atomic E-state index is 0.126. The number of nitrogens with zero attached hydrogens (tertiary/aromatic N) is 3. The molecule has 1 amide bonds. The van der Waals surface area contributed by atoms with E-state index in [-0.39, 0.29) is 22.5 Å². The third kappa shape index (κ3) is 4.67. The number of likely N-dealkylation sites (N-methyl/N-ethyl adjacent to an activating group) is 1. The predicted molar refractivity (Wildman–Crippen MR) is 100 cm³/mol. The summed E-state index contributed by atoms with van der Waals surface area (Å²) in [5.41, 5.74) is 0.835. The molecule has 134 valence electrons. The summed E-state index contributed by atoms with van der Waals surface area (Å²) in [7, 11) is -3.88. The van der Waals surface area contributed by atoms with E-state index in [0.717, 1.165) is 9.88 Å². The van der Waals surface area contributed by atoms with Crippen LogP contribution >= 0.6 is 11.3 Å². The summed E-state index contributed by atoms with van der Waals surface area (Å²) in [5, 5.41) is 1.95. The highest BCUT2D eigenvalue weighted by atomic mass is 32.2. The summed E-state index contributed by atoms with van der Waals surface area (Å²) < 4.78 is 27.1. The summed E-state index contributed by atoms with van der Waals surface area (Å²) >= 11 is 1.18. The number of rotatable bonds is 8. The molecule has 0 radical (unpaired) electrons. The van der Waals surface area contributed by atoms with Gasteiger partial charge >= 0.3 is 0 Å². The number of carbonyl (C=O) groups excluding carboxylic acids is 1. The molecule has 6 nitrogen and oxygen atoms in total. The Bertz CT molecular complexity index is 818. The maximum Gasteiger partial charge on any atom is 0.266 e. The fourth-order valence-electron chi connectivity index (χ4n) is 2.24. The van der Waals surface area contributed by atoms with E-state index in [0.29, 0.717) is 13.1 Å². The predicted octanol–water partition coefficient (Wildman–Crippen LogP) is 2.76. The lowest BCUT2D eigenvalue weighted by Gasteiger charge is -2.26. The van der Waals surface area contributed by atoms with Crippen LogP contribution in [0.4, 0.5) is 5.13 Å². The Morgan fingerprint density at radius 2 is 1.92 bits per heavy atom. The van der Waals surface area contributed by atoms with Crippen LogP contribution in [-0.2, 0) is 14.8 Å². The highest BCUT2D eigenvalue weighted by Crippen LogP contribution is 2.25. The van der Waals surface area contributed by atoms with Crippen molar-refractivity contribution in [3.05, 3.63) is 54.1 Å². The van der Waals surface area contributed by atoms with E-state index in [2.05, 4.69) is 11.6 Å². The SMILES string of the molecule is C=C(C)CN(CC)C(=O)CN(c1nccs1)S(=O)(=O)c1ccccc1. The molecule has 1 aromatic heterocycles. The van der Waals surface area contributed by atoms with Gasteiger partial charge in [0, 0.05) is 24.7 Å². The largest absolute Gasteiger partial charge is 0.337 e. The smallest absolute Gasteiger partial charge is 0.266 e. The van der Waals surface area contributed by atoms with Crippen LogP contribution in [0.3, 0.4) is 0 Å². The van der Waals surface area contributed by atoms with Crippen LogP contribution in [0.15, 0.2) is 59.0 Å². The highest BCUT2D eigenvalue weighted by Gasteiger charge is 2.30. The lowest BCUT2D eigenvalue weighted by Crippen LogP contribution is -2.43. The van der Waals surface area contributed by atoms with Gasteiger partial charge in [-0.25, -0.2) is 17.7 Å². The Morgan fingerprint density at radius 1 is 1.24 bits per heavy atom. The molecule has 0 unspecified atom stereocenters. The van der Waals surface area contributed by atoms with E-state index in [1.165, 1.54) is 29.7 Å². The fourth-order valence-corrected chi connectivity index (χ4v) is 4.50. The van der Waals surface area contributed by atoms with Crippen molar-refractivity contribution in [2.24, 2.45) is 0 Å². The molecule has 2 rings (SSSR count). The highest BCUT2D eigenvalue weighted by molar-refractivity contribution is 7.93. The number of hydrogen-bond donors (Lipinski definition) is 0. The molecule has 0 aliphatic rings. The summed E-state index contributed by atoms with van der Waals surface area (Å²) in [6.07, 6.45) is 1.52. The quantitative estimate of drug-likeness (QED) is 0.661. The summed E-state index contributed by atoms with van der Waals surface area (Å²) in [5.74, 6) is -0.291. The van der Waals surface area contributed by atoms with Gasteiger partial charge in [-0.3, -0.25) is 4.79 Å². The van der Waals surface area contributed by atoms with Gasteiger partial charge in [0.05, 0.1) is 4.90 Å². The molecule has 1 aromatic carbocycles. The van der Waals surface area contributed by atoms with Crippen LogP contribution in [0.25, 0.3) is 0 Å². The first-order chi connectivity index (χ1) is 11.9. The molecule has 0 spiro atoms. The molecule has 0 N–H and O–H groups in total. The van der Waals surface area contributed by atoms with E-state index in [4.69, 9.17) is 0 Å². The maximum atomic E-state index is 13.0. The summed E-state index contributed by atoms with van der Waals surface area (Å²) in [6, 6.07) is 8.05. The molecular formula is C17H21N3O3S2. The first-order valence-electron chi connectivity index (χ1n) is 7.75. The number of benzene rings is 1. The first-order valence-corrected chi connectivity index (χ1v) is 10.1. The Labute approximate surface area is 152 Å². The number of hydrogen-bond acceptors (Lipinski definition) is 5. The third-order valence-electron chi connectivity index (χ3n) is 3.44. The van der Waals surface area contributed by atoms with Crippen LogP contribution in [0.5, 0.6) is 0 Å². The zero-order chi connectivity index (χ0) is 18.4. The molecule has 0 saturated carbocycles. The van der Waals surface area contributed by atoms with Gasteiger partial charge in [0.15, 0.2) is 5.13 Å². The second kappa shape index (κ2) is 8.26. The van der Waals surface area contributed by atoms with Gasteiger partial charge in [-0.05, 0) is 26.0 Å². The zero-order valence-corrected chi connectivity index (χ0v) is 15.9. The molecule has 0 aliphatic heterocycles. The fraction of sp³-hybridized carbons (Fsp3) is 0.294. The molecule has 25 heavy (non-hydrogen) atoms. The minimum atomic E-state index is -3.88. The average molecular weight is 380 g/mol. The summed E-state index contributed by atoms with van der Waals surface area (Å²) in [4.78, 5) is 18.4. The number of aromatic nitrogens is 1. The molecule has 2 aromatic rings. The average Bonchev–Trinajstić information content (AvgIpc) is 3.11. The molecule has 0 saturated heterocycles. The second-order valence-electron chi connectivity index (χ2n) is 5.50. The Hall–Kier alpha value is -2.19. The van der Waals surface area contributed by atoms with Gasteiger partial charge in [0.25, 0.3) is 10.0 Å². The second-order valence-corrected chi connectivity index (χ2v) is 8.24. The Balaban J connectivity index is 2.35.